The summed E-state index contributed by atoms with van der Waals surface area (Å²) in [5, 5.41) is 2.96. The van der Waals surface area contributed by atoms with Gasteiger partial charge in [-0.1, -0.05) is 83.0 Å². The Labute approximate surface area is 280 Å². The molecule has 8 nitrogen and oxygen atoms in total. The van der Waals surface area contributed by atoms with Gasteiger partial charge in [0.05, 0.1) is 17.2 Å². The molecule has 0 aliphatic rings. The zero-order valence-electron chi connectivity index (χ0n) is 26.4. The van der Waals surface area contributed by atoms with Crippen molar-refractivity contribution < 1.29 is 22.7 Å². The molecule has 0 radical (unpaired) electrons. The lowest BCUT2D eigenvalue weighted by atomic mass is 10.0. The van der Waals surface area contributed by atoms with Crippen LogP contribution in [0.1, 0.15) is 37.0 Å². The minimum atomic E-state index is -4.20. The summed E-state index contributed by atoms with van der Waals surface area (Å²) in [6.45, 7) is 6.30. The number of nitrogens with zero attached hydrogens (tertiary/aromatic N) is 2. The van der Waals surface area contributed by atoms with Gasteiger partial charge in [0.1, 0.15) is 18.3 Å². The first-order valence-corrected chi connectivity index (χ1v) is 17.5. The van der Waals surface area contributed by atoms with Crippen molar-refractivity contribution in [2.45, 2.75) is 51.1 Å². The number of nitrogens with one attached hydrogen (secondary N) is 1. The number of rotatable bonds is 15. The first-order valence-electron chi connectivity index (χ1n) is 15.3. The number of aryl methyl sites for hydroxylation is 1. The lowest BCUT2D eigenvalue weighted by molar-refractivity contribution is -0.140. The number of carbonyl (C=O) groups is 2. The molecule has 4 rings (SSSR count). The Morgan fingerprint density at radius 1 is 0.848 bits per heavy atom. The Hall–Kier alpha value is -4.15. The Bertz CT molecular complexity index is 1680. The van der Waals surface area contributed by atoms with E-state index < -0.39 is 28.5 Å². The van der Waals surface area contributed by atoms with Crippen molar-refractivity contribution in [3.8, 4) is 5.75 Å². The van der Waals surface area contributed by atoms with E-state index >= 15 is 0 Å². The molecule has 0 fully saturated rings. The quantitative estimate of drug-likeness (QED) is 0.152. The maximum atomic E-state index is 14.5. The van der Waals surface area contributed by atoms with Crippen LogP contribution >= 0.6 is 15.9 Å². The maximum absolute atomic E-state index is 14.5. The maximum Gasteiger partial charge on any atom is 0.264 e. The molecule has 0 aliphatic heterocycles. The molecule has 0 saturated heterocycles. The molecule has 10 heteroatoms. The molecule has 0 heterocycles. The molecule has 4 aromatic carbocycles. The molecule has 46 heavy (non-hydrogen) atoms. The van der Waals surface area contributed by atoms with Crippen molar-refractivity contribution in [2.24, 2.45) is 0 Å². The topological polar surface area (TPSA) is 96.0 Å². The number of amides is 2. The average Bonchev–Trinajstić information content (AvgIpc) is 3.06. The fraction of sp³-hybridized carbons (Fsp3) is 0.278. The second kappa shape index (κ2) is 16.4. The molecule has 0 spiro atoms. The molecule has 0 aromatic heterocycles. The van der Waals surface area contributed by atoms with Gasteiger partial charge in [-0.3, -0.25) is 13.9 Å². The minimum Gasteiger partial charge on any atom is -0.494 e. The summed E-state index contributed by atoms with van der Waals surface area (Å²) >= 11 is 3.37. The number of benzene rings is 4. The minimum absolute atomic E-state index is 0.0315. The summed E-state index contributed by atoms with van der Waals surface area (Å²) in [6.07, 6.45) is 0.989. The van der Waals surface area contributed by atoms with Crippen molar-refractivity contribution in [1.82, 2.24) is 10.2 Å². The van der Waals surface area contributed by atoms with Crippen molar-refractivity contribution >= 4 is 43.5 Å². The number of hydrogen-bond acceptors (Lipinski definition) is 5. The van der Waals surface area contributed by atoms with E-state index in [4.69, 9.17) is 4.74 Å². The fourth-order valence-corrected chi connectivity index (χ4v) is 6.63. The van der Waals surface area contributed by atoms with Gasteiger partial charge in [0.2, 0.25) is 11.8 Å². The van der Waals surface area contributed by atoms with E-state index in [1.54, 1.807) is 36.4 Å². The lowest BCUT2D eigenvalue weighted by Crippen LogP contribution is -2.53. The van der Waals surface area contributed by atoms with Crippen LogP contribution in [0.4, 0.5) is 5.69 Å². The van der Waals surface area contributed by atoms with E-state index in [1.165, 1.54) is 17.0 Å². The van der Waals surface area contributed by atoms with Crippen LogP contribution in [-0.2, 0) is 32.6 Å². The summed E-state index contributed by atoms with van der Waals surface area (Å²) in [7, 11) is -4.20. The van der Waals surface area contributed by atoms with Crippen LogP contribution in [0.2, 0.25) is 0 Å². The number of halogens is 1. The predicted molar refractivity (Wildman–Crippen MR) is 185 cm³/mol. The largest absolute Gasteiger partial charge is 0.494 e. The molecule has 242 valence electrons. The highest BCUT2D eigenvalue weighted by Gasteiger charge is 2.34. The number of ether oxygens (including phenoxy) is 1. The van der Waals surface area contributed by atoms with E-state index in [0.717, 1.165) is 31.9 Å². The van der Waals surface area contributed by atoms with Gasteiger partial charge >= 0.3 is 0 Å². The third-order valence-corrected chi connectivity index (χ3v) is 9.73. The van der Waals surface area contributed by atoms with Crippen LogP contribution < -0.4 is 14.4 Å². The fourth-order valence-electron chi connectivity index (χ4n) is 4.95. The average molecular weight is 707 g/mol. The molecular formula is C36H40BrN3O5S. The van der Waals surface area contributed by atoms with Crippen LogP contribution in [-0.4, -0.2) is 50.9 Å². The highest BCUT2D eigenvalue weighted by atomic mass is 79.9. The molecule has 1 N–H and O–H groups in total. The van der Waals surface area contributed by atoms with Crippen LogP contribution in [0, 0.1) is 6.92 Å². The second-order valence-electron chi connectivity index (χ2n) is 10.9. The highest BCUT2D eigenvalue weighted by molar-refractivity contribution is 9.10. The first kappa shape index (κ1) is 34.7. The third kappa shape index (κ3) is 9.20. The number of carbonyl (C=O) groups excluding carboxylic acids is 2. The van der Waals surface area contributed by atoms with Gasteiger partial charge in [-0.15, -0.1) is 0 Å². The second-order valence-corrected chi connectivity index (χ2v) is 13.7. The van der Waals surface area contributed by atoms with Crippen molar-refractivity contribution in [1.29, 1.82) is 0 Å². The summed E-state index contributed by atoms with van der Waals surface area (Å²) in [4.78, 5) is 29.8. The Balaban J connectivity index is 1.79. The lowest BCUT2D eigenvalue weighted by Gasteiger charge is -2.34. The van der Waals surface area contributed by atoms with E-state index in [9.17, 15) is 18.0 Å². The zero-order chi connectivity index (χ0) is 33.1. The van der Waals surface area contributed by atoms with Gasteiger partial charge in [0.25, 0.3) is 10.0 Å². The van der Waals surface area contributed by atoms with Gasteiger partial charge in [0, 0.05) is 24.0 Å². The van der Waals surface area contributed by atoms with Crippen molar-refractivity contribution in [3.05, 3.63) is 124 Å². The van der Waals surface area contributed by atoms with Gasteiger partial charge in [0.15, 0.2) is 0 Å². The SMILES string of the molecule is CCCNC(=O)[C@H](Cc1ccccc1)N(Cc1ccc(C)cc1)C(=O)CN(c1ccc(OCC)cc1)S(=O)(=O)c1ccc(Br)cc1. The number of hydrogen-bond donors (Lipinski definition) is 1. The van der Waals surface area contributed by atoms with E-state index in [0.29, 0.717) is 24.6 Å². The van der Waals surface area contributed by atoms with Crippen LogP contribution in [0.3, 0.4) is 0 Å². The predicted octanol–water partition coefficient (Wildman–Crippen LogP) is 6.52. The summed E-state index contributed by atoms with van der Waals surface area (Å²) in [6, 6.07) is 29.2. The van der Waals surface area contributed by atoms with Crippen LogP contribution in [0.15, 0.2) is 112 Å². The van der Waals surface area contributed by atoms with Gasteiger partial charge in [-0.05, 0) is 79.9 Å². The van der Waals surface area contributed by atoms with Gasteiger partial charge in [-0.25, -0.2) is 8.42 Å². The van der Waals surface area contributed by atoms with Crippen molar-refractivity contribution in [2.75, 3.05) is 24.0 Å². The summed E-state index contributed by atoms with van der Waals surface area (Å²) < 4.78 is 35.7. The van der Waals surface area contributed by atoms with Gasteiger partial charge in [-0.2, -0.15) is 0 Å². The number of sulfonamides is 1. The smallest absolute Gasteiger partial charge is 0.264 e. The highest BCUT2D eigenvalue weighted by Crippen LogP contribution is 2.28. The zero-order valence-corrected chi connectivity index (χ0v) is 28.8. The van der Waals surface area contributed by atoms with Gasteiger partial charge < -0.3 is 15.0 Å². The molecule has 4 aromatic rings. The van der Waals surface area contributed by atoms with E-state index in [2.05, 4.69) is 21.2 Å². The third-order valence-electron chi connectivity index (χ3n) is 7.41. The van der Waals surface area contributed by atoms with Crippen molar-refractivity contribution in [3.63, 3.8) is 0 Å². The monoisotopic (exact) mass is 705 g/mol. The molecule has 0 aliphatic carbocycles. The molecule has 0 unspecified atom stereocenters. The molecule has 1 atom stereocenters. The standard InChI is InChI=1S/C36H40BrN3O5S/c1-4-23-38-36(42)34(24-28-9-7-6-8-10-28)39(25-29-13-11-27(3)12-14-29)35(41)26-40(31-17-19-32(20-18-31)45-5-2)46(43,44)33-21-15-30(37)16-22-33/h6-22,34H,4-5,23-26H2,1-3H3,(H,38,42)/t34-/m0/s1. The molecular weight excluding hydrogens is 666 g/mol. The summed E-state index contributed by atoms with van der Waals surface area (Å²) in [5.41, 5.74) is 3.06. The van der Waals surface area contributed by atoms with E-state index in [-0.39, 0.29) is 23.8 Å². The number of anilines is 1. The van der Waals surface area contributed by atoms with Crippen LogP contribution in [0.5, 0.6) is 5.75 Å². The van der Waals surface area contributed by atoms with Crippen LogP contribution in [0.25, 0.3) is 0 Å². The molecule has 0 bridgehead atoms. The first-order chi connectivity index (χ1) is 22.1. The Kier molecular flexibility index (Phi) is 12.4. The molecule has 0 saturated carbocycles. The normalized spacial score (nSPS) is 11.8. The molecule has 2 amide bonds. The summed E-state index contributed by atoms with van der Waals surface area (Å²) in [5.74, 6) is -0.229. The Morgan fingerprint density at radius 2 is 1.50 bits per heavy atom. The van der Waals surface area contributed by atoms with E-state index in [1.807, 2.05) is 75.4 Å². The Morgan fingerprint density at radius 3 is 2.11 bits per heavy atom.